The molecule has 2 amide bonds. The lowest BCUT2D eigenvalue weighted by Gasteiger charge is -2.33. The third kappa shape index (κ3) is 4.40. The number of amides is 2. The molecule has 3 aromatic rings. The number of para-hydroxylation sites is 1. The Kier molecular flexibility index (Phi) is 5.92. The van der Waals surface area contributed by atoms with Crippen LogP contribution in [0.15, 0.2) is 60.0 Å². The SMILES string of the molecule is C=CCn1c(=O)c(N2CCC(NC(=O)Nc3ccccc3F)CC2)nc2cccnc21. The second-order valence-corrected chi connectivity index (χ2v) is 7.33. The minimum absolute atomic E-state index is 0.0828. The minimum atomic E-state index is -0.486. The third-order valence-corrected chi connectivity index (χ3v) is 5.25. The zero-order chi connectivity index (χ0) is 21.8. The fraction of sp³-hybridized carbons (Fsp3) is 0.273. The highest BCUT2D eigenvalue weighted by Crippen LogP contribution is 2.18. The van der Waals surface area contributed by atoms with Crippen LogP contribution in [0.5, 0.6) is 0 Å². The number of carbonyl (C=O) groups is 1. The van der Waals surface area contributed by atoms with Gasteiger partial charge in [-0.2, -0.15) is 0 Å². The summed E-state index contributed by atoms with van der Waals surface area (Å²) in [6.45, 7) is 5.20. The van der Waals surface area contributed by atoms with Gasteiger partial charge in [-0.1, -0.05) is 18.2 Å². The van der Waals surface area contributed by atoms with Gasteiger partial charge in [0.05, 0.1) is 5.69 Å². The predicted molar refractivity (Wildman–Crippen MR) is 118 cm³/mol. The second kappa shape index (κ2) is 8.95. The molecule has 2 aromatic heterocycles. The number of rotatable bonds is 5. The number of piperidine rings is 1. The summed E-state index contributed by atoms with van der Waals surface area (Å²) in [7, 11) is 0. The van der Waals surface area contributed by atoms with E-state index in [9.17, 15) is 14.0 Å². The van der Waals surface area contributed by atoms with Gasteiger partial charge in [-0.05, 0) is 37.1 Å². The van der Waals surface area contributed by atoms with Crippen molar-refractivity contribution >= 4 is 28.7 Å². The van der Waals surface area contributed by atoms with E-state index in [4.69, 9.17) is 0 Å². The van der Waals surface area contributed by atoms with E-state index in [0.29, 0.717) is 49.5 Å². The fourth-order valence-electron chi connectivity index (χ4n) is 3.71. The molecule has 1 fully saturated rings. The molecule has 3 heterocycles. The number of urea groups is 1. The van der Waals surface area contributed by atoms with Crippen LogP contribution in [0.25, 0.3) is 11.2 Å². The van der Waals surface area contributed by atoms with Crippen molar-refractivity contribution in [3.05, 3.63) is 71.4 Å². The van der Waals surface area contributed by atoms with Gasteiger partial charge in [-0.3, -0.25) is 9.36 Å². The Morgan fingerprint density at radius 1 is 1.23 bits per heavy atom. The van der Waals surface area contributed by atoms with E-state index in [2.05, 4.69) is 27.2 Å². The molecule has 0 aliphatic carbocycles. The van der Waals surface area contributed by atoms with Crippen molar-refractivity contribution in [2.24, 2.45) is 0 Å². The zero-order valence-corrected chi connectivity index (χ0v) is 16.9. The number of allylic oxidation sites excluding steroid dienone is 1. The summed E-state index contributed by atoms with van der Waals surface area (Å²) in [6.07, 6.45) is 4.56. The number of halogens is 1. The standard InChI is InChI=1S/C22H23FN6O2/c1-2-12-29-19-18(8-5-11-24-19)26-20(21(29)30)28-13-9-15(10-14-28)25-22(31)27-17-7-4-3-6-16(17)23/h2-8,11,15H,1,9-10,12-14H2,(H2,25,27,31). The van der Waals surface area contributed by atoms with Crippen molar-refractivity contribution in [2.75, 3.05) is 23.3 Å². The van der Waals surface area contributed by atoms with Crippen molar-refractivity contribution in [3.63, 3.8) is 0 Å². The molecule has 0 spiro atoms. The molecule has 1 saturated heterocycles. The number of benzene rings is 1. The van der Waals surface area contributed by atoms with E-state index in [-0.39, 0.29) is 17.3 Å². The first-order valence-corrected chi connectivity index (χ1v) is 10.1. The number of pyridine rings is 1. The molecular weight excluding hydrogens is 399 g/mol. The number of hydrogen-bond donors (Lipinski definition) is 2. The highest BCUT2D eigenvalue weighted by atomic mass is 19.1. The van der Waals surface area contributed by atoms with Crippen LogP contribution in [-0.4, -0.2) is 39.7 Å². The number of carbonyl (C=O) groups excluding carboxylic acids is 1. The van der Waals surface area contributed by atoms with Gasteiger partial charge in [-0.25, -0.2) is 19.2 Å². The molecule has 9 heteroatoms. The summed E-state index contributed by atoms with van der Waals surface area (Å²) in [5, 5.41) is 5.40. The van der Waals surface area contributed by atoms with Gasteiger partial charge >= 0.3 is 6.03 Å². The molecule has 31 heavy (non-hydrogen) atoms. The zero-order valence-electron chi connectivity index (χ0n) is 16.9. The molecule has 160 valence electrons. The average Bonchev–Trinajstić information content (AvgIpc) is 2.78. The van der Waals surface area contributed by atoms with Crippen LogP contribution < -0.4 is 21.1 Å². The summed E-state index contributed by atoms with van der Waals surface area (Å²) in [5.41, 5.74) is 1.09. The lowest BCUT2D eigenvalue weighted by atomic mass is 10.1. The number of fused-ring (bicyclic) bond motifs is 1. The second-order valence-electron chi connectivity index (χ2n) is 7.33. The van der Waals surface area contributed by atoms with Gasteiger partial charge in [0.15, 0.2) is 11.5 Å². The molecule has 0 radical (unpaired) electrons. The van der Waals surface area contributed by atoms with Gasteiger partial charge in [0.25, 0.3) is 5.56 Å². The maximum absolute atomic E-state index is 13.7. The maximum atomic E-state index is 13.7. The maximum Gasteiger partial charge on any atom is 0.319 e. The van der Waals surface area contributed by atoms with E-state index >= 15 is 0 Å². The minimum Gasteiger partial charge on any atom is -0.352 e. The Morgan fingerprint density at radius 2 is 2.00 bits per heavy atom. The van der Waals surface area contributed by atoms with Gasteiger partial charge in [0, 0.05) is 31.9 Å². The quantitative estimate of drug-likeness (QED) is 0.617. The largest absolute Gasteiger partial charge is 0.352 e. The number of hydrogen-bond acceptors (Lipinski definition) is 5. The molecule has 1 aromatic carbocycles. The molecule has 8 nitrogen and oxygen atoms in total. The van der Waals surface area contributed by atoms with Gasteiger partial charge in [-0.15, -0.1) is 6.58 Å². The van der Waals surface area contributed by atoms with E-state index in [1.165, 1.54) is 12.1 Å². The first-order valence-electron chi connectivity index (χ1n) is 10.1. The first-order chi connectivity index (χ1) is 15.1. The number of aromatic nitrogens is 3. The van der Waals surface area contributed by atoms with Crippen molar-refractivity contribution in [3.8, 4) is 0 Å². The van der Waals surface area contributed by atoms with Crippen LogP contribution in [0.1, 0.15) is 12.8 Å². The molecule has 1 aliphatic heterocycles. The van der Waals surface area contributed by atoms with Crippen LogP contribution in [0.2, 0.25) is 0 Å². The van der Waals surface area contributed by atoms with Crippen molar-refractivity contribution in [1.29, 1.82) is 0 Å². The molecule has 0 unspecified atom stereocenters. The Labute approximate surface area is 178 Å². The predicted octanol–water partition coefficient (Wildman–Crippen LogP) is 2.91. The Hall–Kier alpha value is -3.75. The lowest BCUT2D eigenvalue weighted by Crippen LogP contribution is -2.47. The monoisotopic (exact) mass is 422 g/mol. The normalized spacial score (nSPS) is 14.4. The Balaban J connectivity index is 1.44. The number of anilines is 2. The number of nitrogens with zero attached hydrogens (tertiary/aromatic N) is 4. The molecule has 0 bridgehead atoms. The lowest BCUT2D eigenvalue weighted by molar-refractivity contribution is 0.246. The van der Waals surface area contributed by atoms with Crippen molar-refractivity contribution < 1.29 is 9.18 Å². The smallest absolute Gasteiger partial charge is 0.319 e. The molecule has 2 N–H and O–H groups in total. The summed E-state index contributed by atoms with van der Waals surface area (Å²) >= 11 is 0. The fourth-order valence-corrected chi connectivity index (χ4v) is 3.71. The molecule has 0 saturated carbocycles. The van der Waals surface area contributed by atoms with Crippen LogP contribution in [0, 0.1) is 5.82 Å². The van der Waals surface area contributed by atoms with Gasteiger partial charge in [0.1, 0.15) is 11.3 Å². The highest BCUT2D eigenvalue weighted by Gasteiger charge is 2.25. The summed E-state index contributed by atoms with van der Waals surface area (Å²) < 4.78 is 15.3. The molecule has 1 aliphatic rings. The average molecular weight is 422 g/mol. The number of nitrogens with one attached hydrogen (secondary N) is 2. The van der Waals surface area contributed by atoms with Crippen LogP contribution in [-0.2, 0) is 6.54 Å². The van der Waals surface area contributed by atoms with E-state index in [0.717, 1.165) is 0 Å². The van der Waals surface area contributed by atoms with Gasteiger partial charge < -0.3 is 15.5 Å². The third-order valence-electron chi connectivity index (χ3n) is 5.25. The highest BCUT2D eigenvalue weighted by molar-refractivity contribution is 5.89. The van der Waals surface area contributed by atoms with E-state index < -0.39 is 11.8 Å². The van der Waals surface area contributed by atoms with Crippen LogP contribution in [0.3, 0.4) is 0 Å². The van der Waals surface area contributed by atoms with Crippen molar-refractivity contribution in [2.45, 2.75) is 25.4 Å². The summed E-state index contributed by atoms with van der Waals surface area (Å²) in [4.78, 5) is 36.0. The molecular formula is C22H23FN6O2. The van der Waals surface area contributed by atoms with E-state index in [1.807, 2.05) is 11.0 Å². The van der Waals surface area contributed by atoms with E-state index in [1.54, 1.807) is 35.0 Å². The summed E-state index contributed by atoms with van der Waals surface area (Å²) in [6, 6.07) is 9.09. The van der Waals surface area contributed by atoms with Crippen molar-refractivity contribution in [1.82, 2.24) is 19.9 Å². The van der Waals surface area contributed by atoms with Crippen LogP contribution in [0.4, 0.5) is 20.7 Å². The molecule has 0 atom stereocenters. The topological polar surface area (TPSA) is 92.2 Å². The van der Waals surface area contributed by atoms with Gasteiger partial charge in [0.2, 0.25) is 0 Å². The Bertz CT molecular complexity index is 1170. The van der Waals surface area contributed by atoms with Crippen LogP contribution >= 0.6 is 0 Å². The summed E-state index contributed by atoms with van der Waals surface area (Å²) in [5.74, 6) is -0.114. The molecule has 4 rings (SSSR count). The Morgan fingerprint density at radius 3 is 2.74 bits per heavy atom. The first kappa shape index (κ1) is 20.5.